The van der Waals surface area contributed by atoms with Gasteiger partial charge in [-0.2, -0.15) is 0 Å². The minimum Gasteiger partial charge on any atom is -0.507 e. The van der Waals surface area contributed by atoms with Gasteiger partial charge in [-0.1, -0.05) is 53.5 Å². The van der Waals surface area contributed by atoms with E-state index in [9.17, 15) is 14.7 Å². The quantitative estimate of drug-likeness (QED) is 0.315. The summed E-state index contributed by atoms with van der Waals surface area (Å²) in [5.41, 5.74) is 1.46. The molecule has 5 nitrogen and oxygen atoms in total. The lowest BCUT2D eigenvalue weighted by Crippen LogP contribution is -2.29. The smallest absolute Gasteiger partial charge is 0.300 e. The summed E-state index contributed by atoms with van der Waals surface area (Å²) in [7, 11) is 1.45. The number of hydrogen-bond donors (Lipinski definition) is 1. The fourth-order valence-electron chi connectivity index (χ4n) is 3.61. The van der Waals surface area contributed by atoms with E-state index in [1.807, 2.05) is 6.07 Å². The maximum Gasteiger partial charge on any atom is 0.300 e. The van der Waals surface area contributed by atoms with Crippen LogP contribution in [0.25, 0.3) is 5.76 Å². The van der Waals surface area contributed by atoms with Crippen molar-refractivity contribution in [2.45, 2.75) is 6.04 Å². The number of para-hydroxylation sites is 1. The van der Waals surface area contributed by atoms with E-state index in [1.165, 1.54) is 18.1 Å². The van der Waals surface area contributed by atoms with E-state index < -0.39 is 17.7 Å². The summed E-state index contributed by atoms with van der Waals surface area (Å²) in [6.45, 7) is 0. The number of rotatable bonds is 4. The van der Waals surface area contributed by atoms with Crippen LogP contribution in [0.4, 0.5) is 5.69 Å². The van der Waals surface area contributed by atoms with E-state index in [-0.39, 0.29) is 11.3 Å². The number of hydrogen-bond acceptors (Lipinski definition) is 4. The second-order valence-corrected chi connectivity index (χ2v) is 7.75. The van der Waals surface area contributed by atoms with Crippen molar-refractivity contribution in [2.75, 3.05) is 12.0 Å². The van der Waals surface area contributed by atoms with Gasteiger partial charge >= 0.3 is 0 Å². The second kappa shape index (κ2) is 8.46. The first-order chi connectivity index (χ1) is 14.9. The lowest BCUT2D eigenvalue weighted by Gasteiger charge is -2.25. The number of carbonyl (C=O) groups excluding carboxylic acids is 2. The molecule has 7 heteroatoms. The molecule has 1 aliphatic heterocycles. The first kappa shape index (κ1) is 21.0. The maximum absolute atomic E-state index is 13.1. The fraction of sp³-hybridized carbons (Fsp3) is 0.0833. The largest absolute Gasteiger partial charge is 0.507 e. The van der Waals surface area contributed by atoms with Crippen molar-refractivity contribution in [2.24, 2.45) is 0 Å². The molecule has 1 atom stereocenters. The molecule has 31 heavy (non-hydrogen) atoms. The molecular weight excluding hydrogens is 437 g/mol. The van der Waals surface area contributed by atoms with Crippen molar-refractivity contribution in [3.63, 3.8) is 0 Å². The van der Waals surface area contributed by atoms with Crippen LogP contribution in [0.2, 0.25) is 10.0 Å². The molecule has 1 unspecified atom stereocenters. The summed E-state index contributed by atoms with van der Waals surface area (Å²) in [5, 5.41) is 12.0. The van der Waals surface area contributed by atoms with Crippen LogP contribution in [0.5, 0.6) is 5.75 Å². The summed E-state index contributed by atoms with van der Waals surface area (Å²) in [6, 6.07) is 19.4. The third-order valence-electron chi connectivity index (χ3n) is 5.09. The molecule has 1 saturated heterocycles. The van der Waals surface area contributed by atoms with Gasteiger partial charge in [-0.05, 0) is 48.0 Å². The predicted octanol–water partition coefficient (Wildman–Crippen LogP) is 5.63. The van der Waals surface area contributed by atoms with Crippen LogP contribution < -0.4 is 9.64 Å². The van der Waals surface area contributed by atoms with Crippen LogP contribution in [0.15, 0.2) is 78.4 Å². The summed E-state index contributed by atoms with van der Waals surface area (Å²) >= 11 is 12.1. The Morgan fingerprint density at radius 3 is 2.29 bits per heavy atom. The highest BCUT2D eigenvalue weighted by atomic mass is 35.5. The van der Waals surface area contributed by atoms with Gasteiger partial charge in [0.15, 0.2) is 0 Å². The number of aliphatic hydroxyl groups excluding tert-OH is 1. The minimum absolute atomic E-state index is 0.0273. The van der Waals surface area contributed by atoms with Crippen molar-refractivity contribution in [3.05, 3.63) is 99.5 Å². The molecule has 156 valence electrons. The number of benzene rings is 3. The highest BCUT2D eigenvalue weighted by Gasteiger charge is 2.46. The second-order valence-electron chi connectivity index (χ2n) is 6.91. The molecule has 3 aromatic rings. The Morgan fingerprint density at radius 1 is 0.968 bits per heavy atom. The van der Waals surface area contributed by atoms with Crippen LogP contribution in [-0.4, -0.2) is 23.9 Å². The van der Waals surface area contributed by atoms with E-state index in [4.69, 9.17) is 27.9 Å². The lowest BCUT2D eigenvalue weighted by molar-refractivity contribution is -0.132. The van der Waals surface area contributed by atoms with E-state index in [2.05, 4.69) is 0 Å². The summed E-state index contributed by atoms with van der Waals surface area (Å²) < 4.78 is 5.22. The number of amides is 1. The van der Waals surface area contributed by atoms with Crippen LogP contribution in [0, 0.1) is 0 Å². The highest BCUT2D eigenvalue weighted by molar-refractivity contribution is 6.51. The maximum atomic E-state index is 13.1. The third kappa shape index (κ3) is 3.78. The van der Waals surface area contributed by atoms with Crippen LogP contribution in [-0.2, 0) is 9.59 Å². The monoisotopic (exact) mass is 453 g/mol. The van der Waals surface area contributed by atoms with Gasteiger partial charge in [0.2, 0.25) is 0 Å². The Morgan fingerprint density at radius 2 is 1.65 bits per heavy atom. The summed E-state index contributed by atoms with van der Waals surface area (Å²) in [5.74, 6) is -1.48. The number of aliphatic hydroxyl groups is 1. The number of nitrogens with zero attached hydrogens (tertiary/aromatic N) is 1. The van der Waals surface area contributed by atoms with E-state index in [1.54, 1.807) is 60.7 Å². The Labute approximate surface area is 189 Å². The molecule has 0 aliphatic carbocycles. The van der Waals surface area contributed by atoms with Crippen molar-refractivity contribution in [3.8, 4) is 5.75 Å². The average Bonchev–Trinajstić information content (AvgIpc) is 3.05. The number of halogens is 2. The zero-order valence-electron chi connectivity index (χ0n) is 16.4. The molecule has 0 aromatic heterocycles. The molecule has 1 amide bonds. The van der Waals surface area contributed by atoms with Gasteiger partial charge in [0.05, 0.1) is 23.7 Å². The zero-order valence-corrected chi connectivity index (χ0v) is 17.9. The Bertz CT molecular complexity index is 1190. The van der Waals surface area contributed by atoms with Gasteiger partial charge in [-0.15, -0.1) is 0 Å². The molecule has 3 aromatic carbocycles. The van der Waals surface area contributed by atoms with Gasteiger partial charge in [0.1, 0.15) is 11.5 Å². The number of ketones is 1. The molecule has 4 rings (SSSR count). The van der Waals surface area contributed by atoms with Gasteiger partial charge in [0.25, 0.3) is 11.7 Å². The molecule has 1 heterocycles. The van der Waals surface area contributed by atoms with E-state index in [0.29, 0.717) is 32.6 Å². The minimum atomic E-state index is -0.832. The predicted molar refractivity (Wildman–Crippen MR) is 121 cm³/mol. The molecule has 0 saturated carbocycles. The number of anilines is 1. The average molecular weight is 454 g/mol. The fourth-order valence-corrected chi connectivity index (χ4v) is 3.93. The van der Waals surface area contributed by atoms with Gasteiger partial charge in [-0.3, -0.25) is 14.5 Å². The van der Waals surface area contributed by atoms with Crippen LogP contribution in [0.1, 0.15) is 17.2 Å². The van der Waals surface area contributed by atoms with Gasteiger partial charge in [0, 0.05) is 16.3 Å². The Hall–Kier alpha value is -3.28. The molecule has 1 fully saturated rings. The number of carbonyl (C=O) groups is 2. The zero-order chi connectivity index (χ0) is 22.1. The molecule has 0 bridgehead atoms. The Kier molecular flexibility index (Phi) is 5.72. The standard InChI is InChI=1S/C24H17Cl2NO4/c1-31-19-13-15(9-12-18(19)26)22(28)20-21(14-7-10-16(25)11-8-14)27(24(30)23(20)29)17-5-3-2-4-6-17/h2-13,21,28H,1H3/b22-20-. The van der Waals surface area contributed by atoms with Crippen molar-refractivity contribution >= 4 is 46.3 Å². The lowest BCUT2D eigenvalue weighted by atomic mass is 9.95. The van der Waals surface area contributed by atoms with Gasteiger partial charge < -0.3 is 9.84 Å². The molecular formula is C24H17Cl2NO4. The van der Waals surface area contributed by atoms with E-state index in [0.717, 1.165) is 0 Å². The first-order valence-electron chi connectivity index (χ1n) is 9.38. The van der Waals surface area contributed by atoms with Crippen LogP contribution >= 0.6 is 23.2 Å². The molecule has 0 radical (unpaired) electrons. The molecule has 1 aliphatic rings. The number of methoxy groups -OCH3 is 1. The molecule has 1 N–H and O–H groups in total. The summed E-state index contributed by atoms with van der Waals surface area (Å²) in [6.07, 6.45) is 0. The number of Topliss-reactive ketones (excluding diaryl/α,β-unsaturated/α-hetero) is 1. The molecule has 0 spiro atoms. The normalized spacial score (nSPS) is 17.8. The van der Waals surface area contributed by atoms with E-state index >= 15 is 0 Å². The number of ether oxygens (including phenoxy) is 1. The Balaban J connectivity index is 1.94. The van der Waals surface area contributed by atoms with Crippen molar-refractivity contribution in [1.82, 2.24) is 0 Å². The van der Waals surface area contributed by atoms with Crippen molar-refractivity contribution < 1.29 is 19.4 Å². The van der Waals surface area contributed by atoms with Crippen molar-refractivity contribution in [1.29, 1.82) is 0 Å². The SMILES string of the molecule is COc1cc(/C(O)=C2/C(=O)C(=O)N(c3ccccc3)C2c2ccc(Cl)cc2)ccc1Cl. The topological polar surface area (TPSA) is 66.8 Å². The third-order valence-corrected chi connectivity index (χ3v) is 5.65. The summed E-state index contributed by atoms with van der Waals surface area (Å²) in [4.78, 5) is 27.5. The van der Waals surface area contributed by atoms with Crippen LogP contribution in [0.3, 0.4) is 0 Å². The first-order valence-corrected chi connectivity index (χ1v) is 10.1. The van der Waals surface area contributed by atoms with Gasteiger partial charge in [-0.25, -0.2) is 0 Å². The highest BCUT2D eigenvalue weighted by Crippen LogP contribution is 2.42.